The minimum atomic E-state index is -0.449. The molecular formula is C33H26FN3O3. The summed E-state index contributed by atoms with van der Waals surface area (Å²) < 4.78 is 20.5. The maximum atomic E-state index is 13.3. The molecule has 6 nitrogen and oxygen atoms in total. The van der Waals surface area contributed by atoms with Gasteiger partial charge in [0.05, 0.1) is 29.8 Å². The quantitative estimate of drug-likeness (QED) is 0.135. The lowest BCUT2D eigenvalue weighted by atomic mass is 10.1. The molecule has 0 aliphatic heterocycles. The standard InChI is InChI=1S/C33H26FN3O3/c1-2-40-33(39)26-15-19-29(20-16-26)37-30(23-9-5-3-6-10-23)21-27(31(37)24-11-7-4-8-12-24)22-35-36-32(38)25-13-17-28(34)18-14-25/h3-22H,2H2,1H3,(H,36,38)/b35-22-. The number of rotatable bonds is 8. The molecule has 0 aliphatic rings. The zero-order valence-electron chi connectivity index (χ0n) is 21.8. The number of nitrogens with one attached hydrogen (secondary N) is 1. The van der Waals surface area contributed by atoms with Gasteiger partial charge in [0.2, 0.25) is 0 Å². The van der Waals surface area contributed by atoms with Crippen LogP contribution in [0.3, 0.4) is 0 Å². The molecule has 40 heavy (non-hydrogen) atoms. The fourth-order valence-electron chi connectivity index (χ4n) is 4.40. The van der Waals surface area contributed by atoms with Crippen molar-refractivity contribution >= 4 is 18.1 Å². The molecule has 0 radical (unpaired) electrons. The summed E-state index contributed by atoms with van der Waals surface area (Å²) in [5.74, 6) is -1.25. The number of nitrogens with zero attached hydrogens (tertiary/aromatic N) is 2. The second-order valence-corrected chi connectivity index (χ2v) is 8.87. The summed E-state index contributed by atoms with van der Waals surface area (Å²) in [6.45, 7) is 2.07. The first-order valence-corrected chi connectivity index (χ1v) is 12.8. The third kappa shape index (κ3) is 5.73. The first-order valence-electron chi connectivity index (χ1n) is 12.8. The van der Waals surface area contributed by atoms with Crippen molar-refractivity contribution in [1.29, 1.82) is 0 Å². The molecule has 1 amide bonds. The zero-order valence-corrected chi connectivity index (χ0v) is 21.8. The van der Waals surface area contributed by atoms with Crippen LogP contribution >= 0.6 is 0 Å². The van der Waals surface area contributed by atoms with Crippen molar-refractivity contribution in [3.8, 4) is 28.2 Å². The van der Waals surface area contributed by atoms with Gasteiger partial charge in [-0.05, 0) is 72.6 Å². The van der Waals surface area contributed by atoms with Crippen molar-refractivity contribution in [3.63, 3.8) is 0 Å². The lowest BCUT2D eigenvalue weighted by Gasteiger charge is -2.15. The summed E-state index contributed by atoms with van der Waals surface area (Å²) in [6, 6.07) is 34.3. The van der Waals surface area contributed by atoms with Gasteiger partial charge in [0, 0.05) is 16.8 Å². The molecule has 0 fully saturated rings. The minimum Gasteiger partial charge on any atom is -0.462 e. The van der Waals surface area contributed by atoms with Crippen molar-refractivity contribution in [1.82, 2.24) is 9.99 Å². The van der Waals surface area contributed by atoms with Crippen molar-refractivity contribution in [2.75, 3.05) is 6.61 Å². The first-order chi connectivity index (χ1) is 19.5. The Morgan fingerprint density at radius 3 is 2.05 bits per heavy atom. The third-order valence-corrected chi connectivity index (χ3v) is 6.26. The van der Waals surface area contributed by atoms with E-state index in [9.17, 15) is 14.0 Å². The van der Waals surface area contributed by atoms with Crippen LogP contribution in [-0.2, 0) is 4.74 Å². The lowest BCUT2D eigenvalue weighted by molar-refractivity contribution is 0.0526. The van der Waals surface area contributed by atoms with Crippen LogP contribution in [0, 0.1) is 5.82 Å². The number of ether oxygens (including phenoxy) is 1. The van der Waals surface area contributed by atoms with Crippen LogP contribution in [0.4, 0.5) is 4.39 Å². The van der Waals surface area contributed by atoms with Gasteiger partial charge in [-0.15, -0.1) is 0 Å². The Morgan fingerprint density at radius 2 is 1.43 bits per heavy atom. The highest BCUT2D eigenvalue weighted by Gasteiger charge is 2.19. The Kier molecular flexibility index (Phi) is 7.92. The molecule has 7 heteroatoms. The highest BCUT2D eigenvalue weighted by atomic mass is 19.1. The molecule has 0 saturated carbocycles. The average Bonchev–Trinajstić information content (AvgIpc) is 3.38. The molecule has 1 N–H and O–H groups in total. The van der Waals surface area contributed by atoms with Gasteiger partial charge >= 0.3 is 5.97 Å². The van der Waals surface area contributed by atoms with E-state index in [1.165, 1.54) is 24.3 Å². The SMILES string of the molecule is CCOC(=O)c1ccc(-n2c(-c3ccccc3)cc(/C=N\NC(=O)c3ccc(F)cc3)c2-c2ccccc2)cc1. The monoisotopic (exact) mass is 531 g/mol. The number of carbonyl (C=O) groups is 2. The number of aromatic nitrogens is 1. The second kappa shape index (κ2) is 12.0. The summed E-state index contributed by atoms with van der Waals surface area (Å²) in [4.78, 5) is 24.8. The van der Waals surface area contributed by atoms with E-state index in [1.807, 2.05) is 78.9 Å². The zero-order chi connectivity index (χ0) is 27.9. The summed E-state index contributed by atoms with van der Waals surface area (Å²) >= 11 is 0. The topological polar surface area (TPSA) is 72.7 Å². The highest BCUT2D eigenvalue weighted by Crippen LogP contribution is 2.35. The fourth-order valence-corrected chi connectivity index (χ4v) is 4.40. The summed E-state index contributed by atoms with van der Waals surface area (Å²) in [6.07, 6.45) is 1.60. The molecule has 0 spiro atoms. The Hall–Kier alpha value is -5.30. The van der Waals surface area contributed by atoms with E-state index in [4.69, 9.17) is 4.74 Å². The van der Waals surface area contributed by atoms with Gasteiger partial charge in [0.25, 0.3) is 5.91 Å². The number of hydrazone groups is 1. The van der Waals surface area contributed by atoms with E-state index in [0.717, 1.165) is 33.8 Å². The number of esters is 1. The van der Waals surface area contributed by atoms with Crippen LogP contribution in [-0.4, -0.2) is 29.3 Å². The maximum absolute atomic E-state index is 13.3. The van der Waals surface area contributed by atoms with Crippen molar-refractivity contribution < 1.29 is 18.7 Å². The second-order valence-electron chi connectivity index (χ2n) is 8.87. The summed E-state index contributed by atoms with van der Waals surface area (Å²) in [7, 11) is 0. The number of benzene rings is 4. The van der Waals surface area contributed by atoms with Gasteiger partial charge in [-0.1, -0.05) is 60.7 Å². The Balaban J connectivity index is 1.61. The molecule has 198 valence electrons. The minimum absolute atomic E-state index is 0.297. The molecule has 1 heterocycles. The molecule has 5 rings (SSSR count). The van der Waals surface area contributed by atoms with Crippen molar-refractivity contribution in [2.24, 2.45) is 5.10 Å². The van der Waals surface area contributed by atoms with Crippen molar-refractivity contribution in [3.05, 3.63) is 138 Å². The smallest absolute Gasteiger partial charge is 0.338 e. The van der Waals surface area contributed by atoms with E-state index < -0.39 is 11.7 Å². The predicted octanol–water partition coefficient (Wildman–Crippen LogP) is 6.89. The summed E-state index contributed by atoms with van der Waals surface area (Å²) in [5, 5.41) is 4.23. The van der Waals surface area contributed by atoms with Crippen LogP contribution in [0.2, 0.25) is 0 Å². The van der Waals surface area contributed by atoms with E-state index in [2.05, 4.69) is 15.1 Å². The lowest BCUT2D eigenvalue weighted by Crippen LogP contribution is -2.17. The number of hydrogen-bond acceptors (Lipinski definition) is 4. The molecular weight excluding hydrogens is 505 g/mol. The van der Waals surface area contributed by atoms with E-state index in [-0.39, 0.29) is 5.97 Å². The average molecular weight is 532 g/mol. The van der Waals surface area contributed by atoms with E-state index >= 15 is 0 Å². The maximum Gasteiger partial charge on any atom is 0.338 e. The van der Waals surface area contributed by atoms with Gasteiger partial charge in [-0.3, -0.25) is 4.79 Å². The highest BCUT2D eigenvalue weighted by molar-refractivity contribution is 5.97. The van der Waals surface area contributed by atoms with Gasteiger partial charge in [0.15, 0.2) is 0 Å². The van der Waals surface area contributed by atoms with Crippen LogP contribution in [0.25, 0.3) is 28.2 Å². The molecule has 5 aromatic rings. The summed E-state index contributed by atoms with van der Waals surface area (Å²) in [5.41, 5.74) is 8.55. The number of carbonyl (C=O) groups excluding carboxylic acids is 2. The molecule has 0 unspecified atom stereocenters. The Labute approximate surface area is 231 Å². The molecule has 1 aromatic heterocycles. The first kappa shape index (κ1) is 26.3. The van der Waals surface area contributed by atoms with E-state index in [1.54, 1.807) is 25.3 Å². The molecule has 0 bridgehead atoms. The molecule has 0 atom stereocenters. The Morgan fingerprint density at radius 1 is 0.825 bits per heavy atom. The number of amides is 1. The molecule has 4 aromatic carbocycles. The number of hydrogen-bond donors (Lipinski definition) is 1. The van der Waals surface area contributed by atoms with Crippen LogP contribution in [0.15, 0.2) is 120 Å². The van der Waals surface area contributed by atoms with Crippen LogP contribution in [0.1, 0.15) is 33.2 Å². The molecule has 0 aliphatic carbocycles. The van der Waals surface area contributed by atoms with Gasteiger partial charge in [0.1, 0.15) is 5.82 Å². The predicted molar refractivity (Wildman–Crippen MR) is 154 cm³/mol. The largest absolute Gasteiger partial charge is 0.462 e. The van der Waals surface area contributed by atoms with Gasteiger partial charge in [-0.2, -0.15) is 5.10 Å². The third-order valence-electron chi connectivity index (χ3n) is 6.26. The Bertz CT molecular complexity index is 1640. The van der Waals surface area contributed by atoms with Gasteiger partial charge < -0.3 is 9.30 Å². The van der Waals surface area contributed by atoms with E-state index in [0.29, 0.717) is 17.7 Å². The van der Waals surface area contributed by atoms with Crippen LogP contribution < -0.4 is 5.43 Å². The van der Waals surface area contributed by atoms with Gasteiger partial charge in [-0.25, -0.2) is 14.6 Å². The molecule has 0 saturated heterocycles. The van der Waals surface area contributed by atoms with Crippen LogP contribution in [0.5, 0.6) is 0 Å². The van der Waals surface area contributed by atoms with Crippen molar-refractivity contribution in [2.45, 2.75) is 6.92 Å². The fraction of sp³-hybridized carbons (Fsp3) is 0.0606. The normalized spacial score (nSPS) is 10.9. The number of halogens is 1.